The fourth-order valence-corrected chi connectivity index (χ4v) is 3.97. The Morgan fingerprint density at radius 3 is 2.34 bits per heavy atom. The summed E-state index contributed by atoms with van der Waals surface area (Å²) >= 11 is 0. The zero-order valence-electron chi connectivity index (χ0n) is 19.3. The standard InChI is InChI=1S/C26H33N3O3/c1-20(2)32-24-10-8-23(9-11-24)28(3)25(30)18-26(31)13-16-29(17-14-26)15-12-21-4-6-22(19-27)7-5-21/h4-11,20,31H,12-18H2,1-3H3. The third-order valence-electron chi connectivity index (χ3n) is 6.04. The van der Waals surface area contributed by atoms with Crippen molar-refractivity contribution >= 4 is 11.6 Å². The Morgan fingerprint density at radius 2 is 1.78 bits per heavy atom. The Morgan fingerprint density at radius 1 is 1.16 bits per heavy atom. The number of hydrogen-bond donors (Lipinski definition) is 1. The number of ether oxygens (including phenoxy) is 1. The minimum absolute atomic E-state index is 0.0870. The van der Waals surface area contributed by atoms with E-state index < -0.39 is 5.60 Å². The van der Waals surface area contributed by atoms with Gasteiger partial charge in [0.1, 0.15) is 5.75 Å². The minimum Gasteiger partial charge on any atom is -0.491 e. The average molecular weight is 436 g/mol. The lowest BCUT2D eigenvalue weighted by Gasteiger charge is -2.38. The van der Waals surface area contributed by atoms with Crippen LogP contribution in [0.5, 0.6) is 5.75 Å². The van der Waals surface area contributed by atoms with E-state index in [4.69, 9.17) is 10.00 Å². The molecule has 0 unspecified atom stereocenters. The van der Waals surface area contributed by atoms with Crippen LogP contribution in [0.3, 0.4) is 0 Å². The zero-order valence-corrected chi connectivity index (χ0v) is 19.3. The normalized spacial score (nSPS) is 15.9. The molecule has 1 fully saturated rings. The van der Waals surface area contributed by atoms with E-state index in [2.05, 4.69) is 11.0 Å². The number of carbonyl (C=O) groups excluding carboxylic acids is 1. The van der Waals surface area contributed by atoms with Crippen molar-refractivity contribution in [2.75, 3.05) is 31.6 Å². The van der Waals surface area contributed by atoms with Crippen molar-refractivity contribution in [3.63, 3.8) is 0 Å². The second-order valence-corrected chi connectivity index (χ2v) is 8.91. The maximum absolute atomic E-state index is 12.8. The Labute approximate surface area is 191 Å². The highest BCUT2D eigenvalue weighted by Gasteiger charge is 2.35. The Bertz CT molecular complexity index is 924. The summed E-state index contributed by atoms with van der Waals surface area (Å²) in [6.07, 6.45) is 2.30. The van der Waals surface area contributed by atoms with E-state index in [1.165, 1.54) is 5.56 Å². The maximum atomic E-state index is 12.8. The average Bonchev–Trinajstić information content (AvgIpc) is 2.78. The second-order valence-electron chi connectivity index (χ2n) is 8.91. The van der Waals surface area contributed by atoms with Gasteiger partial charge in [0, 0.05) is 32.4 Å². The van der Waals surface area contributed by atoms with E-state index in [0.717, 1.165) is 37.5 Å². The molecule has 1 saturated heterocycles. The molecule has 0 spiro atoms. The molecule has 1 amide bonds. The predicted octanol–water partition coefficient (Wildman–Crippen LogP) is 3.77. The first-order valence-electron chi connectivity index (χ1n) is 11.2. The van der Waals surface area contributed by atoms with E-state index >= 15 is 0 Å². The lowest BCUT2D eigenvalue weighted by atomic mass is 9.87. The summed E-state index contributed by atoms with van der Waals surface area (Å²) in [5, 5.41) is 19.9. The molecule has 2 aromatic rings. The van der Waals surface area contributed by atoms with Crippen LogP contribution in [-0.4, -0.2) is 54.3 Å². The molecule has 1 aliphatic heterocycles. The Balaban J connectivity index is 1.46. The number of aliphatic hydroxyl groups is 1. The summed E-state index contributed by atoms with van der Waals surface area (Å²) in [4.78, 5) is 16.8. The maximum Gasteiger partial charge on any atom is 0.229 e. The summed E-state index contributed by atoms with van der Waals surface area (Å²) in [5.41, 5.74) is 1.70. The van der Waals surface area contributed by atoms with Gasteiger partial charge in [-0.3, -0.25) is 4.79 Å². The van der Waals surface area contributed by atoms with Gasteiger partial charge in [0.2, 0.25) is 5.91 Å². The number of benzene rings is 2. The fraction of sp³-hybridized carbons (Fsp3) is 0.462. The molecule has 1 N–H and O–H groups in total. The van der Waals surface area contributed by atoms with Gasteiger partial charge >= 0.3 is 0 Å². The largest absolute Gasteiger partial charge is 0.491 e. The van der Waals surface area contributed by atoms with Crippen molar-refractivity contribution in [2.24, 2.45) is 0 Å². The van der Waals surface area contributed by atoms with Crippen LogP contribution >= 0.6 is 0 Å². The van der Waals surface area contributed by atoms with Crippen molar-refractivity contribution < 1.29 is 14.6 Å². The van der Waals surface area contributed by atoms with Crippen LogP contribution in [-0.2, 0) is 11.2 Å². The first-order chi connectivity index (χ1) is 15.3. The van der Waals surface area contributed by atoms with Gasteiger partial charge in [0.25, 0.3) is 0 Å². The van der Waals surface area contributed by atoms with Gasteiger partial charge in [0.15, 0.2) is 0 Å². The number of amides is 1. The van der Waals surface area contributed by atoms with Gasteiger partial charge in [-0.05, 0) is 75.1 Å². The fourth-order valence-electron chi connectivity index (χ4n) is 3.97. The van der Waals surface area contributed by atoms with Crippen LogP contribution < -0.4 is 9.64 Å². The lowest BCUT2D eigenvalue weighted by Crippen LogP contribution is -2.47. The number of anilines is 1. The molecule has 0 aliphatic carbocycles. The van der Waals surface area contributed by atoms with Crippen LogP contribution in [0, 0.1) is 11.3 Å². The van der Waals surface area contributed by atoms with Crippen molar-refractivity contribution in [3.8, 4) is 11.8 Å². The van der Waals surface area contributed by atoms with E-state index in [-0.39, 0.29) is 18.4 Å². The van der Waals surface area contributed by atoms with Gasteiger partial charge in [-0.1, -0.05) is 12.1 Å². The molecule has 0 atom stereocenters. The summed E-state index contributed by atoms with van der Waals surface area (Å²) in [6.45, 7) is 6.39. The number of rotatable bonds is 8. The van der Waals surface area contributed by atoms with Gasteiger partial charge in [-0.2, -0.15) is 5.26 Å². The molecule has 0 saturated carbocycles. The van der Waals surface area contributed by atoms with Crippen molar-refractivity contribution in [1.29, 1.82) is 5.26 Å². The molecule has 1 heterocycles. The number of nitrogens with zero attached hydrogens (tertiary/aromatic N) is 3. The Hall–Kier alpha value is -2.88. The van der Waals surface area contributed by atoms with Crippen molar-refractivity contribution in [2.45, 2.75) is 51.2 Å². The molecular weight excluding hydrogens is 402 g/mol. The van der Waals surface area contributed by atoms with Crippen LogP contribution in [0.2, 0.25) is 0 Å². The highest BCUT2D eigenvalue weighted by Crippen LogP contribution is 2.28. The van der Waals surface area contributed by atoms with Crippen LogP contribution in [0.15, 0.2) is 48.5 Å². The summed E-state index contributed by atoms with van der Waals surface area (Å²) < 4.78 is 5.65. The molecule has 2 aromatic carbocycles. The zero-order chi connectivity index (χ0) is 23.1. The van der Waals surface area contributed by atoms with Gasteiger partial charge in [-0.25, -0.2) is 0 Å². The summed E-state index contributed by atoms with van der Waals surface area (Å²) in [7, 11) is 1.75. The van der Waals surface area contributed by atoms with E-state index in [9.17, 15) is 9.90 Å². The van der Waals surface area contributed by atoms with Gasteiger partial charge in [-0.15, -0.1) is 0 Å². The van der Waals surface area contributed by atoms with Crippen LogP contribution in [0.1, 0.15) is 44.2 Å². The SMILES string of the molecule is CC(C)Oc1ccc(N(C)C(=O)CC2(O)CCN(CCc3ccc(C#N)cc3)CC2)cc1. The van der Waals surface area contributed by atoms with Crippen LogP contribution in [0.4, 0.5) is 5.69 Å². The first kappa shape index (κ1) is 23.8. The van der Waals surface area contributed by atoms with Gasteiger partial charge in [0.05, 0.1) is 29.8 Å². The predicted molar refractivity (Wildman–Crippen MR) is 126 cm³/mol. The molecule has 3 rings (SSSR count). The number of likely N-dealkylation sites (tertiary alicyclic amines) is 1. The van der Waals surface area contributed by atoms with E-state index in [1.54, 1.807) is 11.9 Å². The first-order valence-corrected chi connectivity index (χ1v) is 11.2. The molecule has 6 nitrogen and oxygen atoms in total. The number of piperidine rings is 1. The number of nitriles is 1. The topological polar surface area (TPSA) is 76.8 Å². The monoisotopic (exact) mass is 435 g/mol. The molecule has 0 radical (unpaired) electrons. The molecule has 0 bridgehead atoms. The smallest absolute Gasteiger partial charge is 0.229 e. The lowest BCUT2D eigenvalue weighted by molar-refractivity contribution is -0.125. The van der Waals surface area contributed by atoms with Gasteiger partial charge < -0.3 is 19.6 Å². The third-order valence-corrected chi connectivity index (χ3v) is 6.04. The van der Waals surface area contributed by atoms with Crippen LogP contribution in [0.25, 0.3) is 0 Å². The molecular formula is C26H33N3O3. The summed E-state index contributed by atoms with van der Waals surface area (Å²) in [5.74, 6) is 0.688. The second kappa shape index (κ2) is 10.6. The summed E-state index contributed by atoms with van der Waals surface area (Å²) in [6, 6.07) is 17.3. The highest BCUT2D eigenvalue weighted by molar-refractivity contribution is 5.93. The Kier molecular flexibility index (Phi) is 7.89. The molecule has 6 heteroatoms. The molecule has 170 valence electrons. The highest BCUT2D eigenvalue weighted by atomic mass is 16.5. The molecule has 0 aromatic heterocycles. The minimum atomic E-state index is -0.961. The quantitative estimate of drug-likeness (QED) is 0.683. The van der Waals surface area contributed by atoms with E-state index in [0.29, 0.717) is 18.4 Å². The third kappa shape index (κ3) is 6.56. The molecule has 32 heavy (non-hydrogen) atoms. The number of hydrogen-bond acceptors (Lipinski definition) is 5. The number of carbonyl (C=O) groups is 1. The van der Waals surface area contributed by atoms with Crippen molar-refractivity contribution in [1.82, 2.24) is 4.90 Å². The molecule has 1 aliphatic rings. The van der Waals surface area contributed by atoms with Crippen molar-refractivity contribution in [3.05, 3.63) is 59.7 Å². The van der Waals surface area contributed by atoms with E-state index in [1.807, 2.05) is 62.4 Å².